The van der Waals surface area contributed by atoms with Gasteiger partial charge in [-0.1, -0.05) is 22.0 Å². The topological polar surface area (TPSA) is 127 Å². The summed E-state index contributed by atoms with van der Waals surface area (Å²) < 4.78 is 0.608. The molecule has 2 amide bonds. The fraction of sp³-hybridized carbons (Fsp3) is 0.154. The summed E-state index contributed by atoms with van der Waals surface area (Å²) in [6.07, 6.45) is 2.42. The first-order valence-electron chi connectivity index (χ1n) is 5.81. The molecule has 5 N–H and O–H groups in total. The molecule has 0 fully saturated rings. The Kier molecular flexibility index (Phi) is 5.92. The highest BCUT2D eigenvalue weighted by Gasteiger charge is 2.13. The predicted molar refractivity (Wildman–Crippen MR) is 81.4 cm³/mol. The summed E-state index contributed by atoms with van der Waals surface area (Å²) in [6, 6.07) is 4.93. The van der Waals surface area contributed by atoms with Crippen LogP contribution in [0.2, 0.25) is 0 Å². The van der Waals surface area contributed by atoms with Gasteiger partial charge in [-0.3, -0.25) is 9.59 Å². The Morgan fingerprint density at radius 1 is 1.19 bits per heavy atom. The van der Waals surface area contributed by atoms with Crippen molar-refractivity contribution < 1.29 is 19.5 Å². The molecule has 0 unspecified atom stereocenters. The van der Waals surface area contributed by atoms with Gasteiger partial charge in [0.15, 0.2) is 0 Å². The van der Waals surface area contributed by atoms with Gasteiger partial charge in [-0.05, 0) is 23.8 Å². The van der Waals surface area contributed by atoms with Crippen LogP contribution in [0.1, 0.15) is 5.56 Å². The third kappa shape index (κ3) is 5.65. The Morgan fingerprint density at radius 2 is 1.76 bits per heavy atom. The lowest BCUT2D eigenvalue weighted by Crippen LogP contribution is -2.39. The molecule has 8 heteroatoms. The van der Waals surface area contributed by atoms with Gasteiger partial charge in [-0.25, -0.2) is 4.79 Å². The van der Waals surface area contributed by atoms with Crippen LogP contribution in [0.5, 0.6) is 0 Å². The third-order valence-electron chi connectivity index (χ3n) is 2.45. The van der Waals surface area contributed by atoms with Crippen molar-refractivity contribution in [2.24, 2.45) is 11.5 Å². The molecule has 112 valence electrons. The fourth-order valence-corrected chi connectivity index (χ4v) is 2.12. The normalized spacial score (nSPS) is 10.5. The first-order chi connectivity index (χ1) is 9.79. The van der Waals surface area contributed by atoms with Crippen molar-refractivity contribution in [3.8, 4) is 0 Å². The van der Waals surface area contributed by atoms with Gasteiger partial charge < -0.3 is 21.5 Å². The number of rotatable bonds is 7. The van der Waals surface area contributed by atoms with Crippen molar-refractivity contribution in [3.05, 3.63) is 34.3 Å². The molecule has 0 saturated heterocycles. The summed E-state index contributed by atoms with van der Waals surface area (Å²) in [6.45, 7) is -0.306. The second kappa shape index (κ2) is 7.44. The average molecular weight is 356 g/mol. The molecule has 0 aliphatic rings. The Bertz CT molecular complexity index is 585. The van der Waals surface area contributed by atoms with Gasteiger partial charge in [0, 0.05) is 16.2 Å². The number of carboxylic acids is 1. The number of hydrogen-bond donors (Lipinski definition) is 3. The van der Waals surface area contributed by atoms with Crippen LogP contribution in [0, 0.1) is 0 Å². The van der Waals surface area contributed by atoms with E-state index in [2.05, 4.69) is 15.9 Å². The van der Waals surface area contributed by atoms with Crippen molar-refractivity contribution in [1.29, 1.82) is 0 Å². The zero-order valence-corrected chi connectivity index (χ0v) is 12.5. The quantitative estimate of drug-likeness (QED) is 0.607. The van der Waals surface area contributed by atoms with E-state index in [0.29, 0.717) is 15.7 Å². The van der Waals surface area contributed by atoms with E-state index >= 15 is 0 Å². The van der Waals surface area contributed by atoms with E-state index in [1.807, 2.05) is 0 Å². The zero-order valence-electron chi connectivity index (χ0n) is 11.0. The lowest BCUT2D eigenvalue weighted by atomic mass is 10.1. The number of carboxylic acid groups (broad SMARTS) is 1. The van der Waals surface area contributed by atoms with Crippen LogP contribution in [-0.2, 0) is 14.4 Å². The minimum absolute atomic E-state index is 0.153. The molecule has 0 heterocycles. The van der Waals surface area contributed by atoms with Crippen molar-refractivity contribution in [1.82, 2.24) is 0 Å². The minimum atomic E-state index is -1.06. The van der Waals surface area contributed by atoms with Crippen LogP contribution in [0.4, 0.5) is 5.69 Å². The molecule has 1 aromatic rings. The standard InChI is InChI=1S/C13H14BrN3O4/c14-10-5-9(3-1-8(10)2-4-13(20)21)17(6-11(15)18)7-12(16)19/h1-5H,6-7H2,(H2,15,18)(H2,16,19)(H,20,21)/b4-2+. The molecular weight excluding hydrogens is 342 g/mol. The maximum absolute atomic E-state index is 11.0. The summed E-state index contributed by atoms with van der Waals surface area (Å²) in [5, 5.41) is 8.59. The lowest BCUT2D eigenvalue weighted by molar-refractivity contribution is -0.131. The molecule has 1 rings (SSSR count). The molecule has 0 spiro atoms. The van der Waals surface area contributed by atoms with Crippen LogP contribution in [-0.4, -0.2) is 36.0 Å². The highest BCUT2D eigenvalue weighted by molar-refractivity contribution is 9.10. The van der Waals surface area contributed by atoms with Crippen LogP contribution >= 0.6 is 15.9 Å². The first kappa shape index (κ1) is 16.7. The number of amides is 2. The summed E-state index contributed by atoms with van der Waals surface area (Å²) in [4.78, 5) is 34.0. The number of carbonyl (C=O) groups excluding carboxylic acids is 2. The van der Waals surface area contributed by atoms with Crippen molar-refractivity contribution in [3.63, 3.8) is 0 Å². The van der Waals surface area contributed by atoms with Crippen molar-refractivity contribution in [2.75, 3.05) is 18.0 Å². The molecule has 0 aliphatic heterocycles. The van der Waals surface area contributed by atoms with Crippen LogP contribution in [0.3, 0.4) is 0 Å². The summed E-state index contributed by atoms with van der Waals surface area (Å²) >= 11 is 3.29. The van der Waals surface area contributed by atoms with Crippen molar-refractivity contribution in [2.45, 2.75) is 0 Å². The zero-order chi connectivity index (χ0) is 16.0. The number of nitrogens with zero attached hydrogens (tertiary/aromatic N) is 1. The lowest BCUT2D eigenvalue weighted by Gasteiger charge is -2.22. The number of benzene rings is 1. The molecule has 0 aliphatic carbocycles. The molecule has 0 radical (unpaired) electrons. The smallest absolute Gasteiger partial charge is 0.328 e. The van der Waals surface area contributed by atoms with E-state index in [4.69, 9.17) is 16.6 Å². The molecule has 21 heavy (non-hydrogen) atoms. The van der Waals surface area contributed by atoms with E-state index in [9.17, 15) is 14.4 Å². The number of carbonyl (C=O) groups is 3. The number of primary amides is 2. The number of aliphatic carboxylic acids is 1. The maximum Gasteiger partial charge on any atom is 0.328 e. The second-order valence-electron chi connectivity index (χ2n) is 4.17. The molecule has 0 aromatic heterocycles. The van der Waals surface area contributed by atoms with E-state index in [0.717, 1.165) is 6.08 Å². The number of nitrogens with two attached hydrogens (primary N) is 2. The van der Waals surface area contributed by atoms with Gasteiger partial charge >= 0.3 is 5.97 Å². The van der Waals surface area contributed by atoms with Gasteiger partial charge in [-0.15, -0.1) is 0 Å². The van der Waals surface area contributed by atoms with Crippen LogP contribution in [0.15, 0.2) is 28.7 Å². The van der Waals surface area contributed by atoms with Crippen LogP contribution < -0.4 is 16.4 Å². The van der Waals surface area contributed by atoms with E-state index in [-0.39, 0.29) is 13.1 Å². The number of halogens is 1. The Morgan fingerprint density at radius 3 is 2.19 bits per heavy atom. The highest BCUT2D eigenvalue weighted by atomic mass is 79.9. The molecule has 0 atom stereocenters. The maximum atomic E-state index is 11.0. The van der Waals surface area contributed by atoms with Crippen LogP contribution in [0.25, 0.3) is 6.08 Å². The van der Waals surface area contributed by atoms with E-state index < -0.39 is 17.8 Å². The second-order valence-corrected chi connectivity index (χ2v) is 5.02. The van der Waals surface area contributed by atoms with E-state index in [1.165, 1.54) is 11.0 Å². The van der Waals surface area contributed by atoms with E-state index in [1.54, 1.807) is 18.2 Å². The monoisotopic (exact) mass is 355 g/mol. The van der Waals surface area contributed by atoms with Crippen molar-refractivity contribution >= 4 is 45.5 Å². The summed E-state index contributed by atoms with van der Waals surface area (Å²) in [7, 11) is 0. The fourth-order valence-electron chi connectivity index (χ4n) is 1.62. The SMILES string of the molecule is NC(=O)CN(CC(N)=O)c1ccc(/C=C/C(=O)O)c(Br)c1. The Balaban J connectivity index is 3.05. The first-order valence-corrected chi connectivity index (χ1v) is 6.61. The van der Waals surface area contributed by atoms with Gasteiger partial charge in [0.05, 0.1) is 13.1 Å². The molecule has 0 bridgehead atoms. The Hall–Kier alpha value is -2.35. The molecule has 1 aromatic carbocycles. The Labute approximate surface area is 129 Å². The molecular formula is C13H14BrN3O4. The van der Waals surface area contributed by atoms with Gasteiger partial charge in [0.1, 0.15) is 0 Å². The van der Waals surface area contributed by atoms with Gasteiger partial charge in [0.25, 0.3) is 0 Å². The molecule has 0 saturated carbocycles. The number of anilines is 1. The number of hydrogen-bond acceptors (Lipinski definition) is 4. The summed E-state index contributed by atoms with van der Waals surface area (Å²) in [5.41, 5.74) is 11.5. The largest absolute Gasteiger partial charge is 0.478 e. The average Bonchev–Trinajstić information content (AvgIpc) is 2.35. The third-order valence-corrected chi connectivity index (χ3v) is 3.13. The molecule has 7 nitrogen and oxygen atoms in total. The van der Waals surface area contributed by atoms with Gasteiger partial charge in [0.2, 0.25) is 11.8 Å². The predicted octanol–water partition coefficient (Wildman–Crippen LogP) is 0.324. The van der Waals surface area contributed by atoms with Gasteiger partial charge in [-0.2, -0.15) is 0 Å². The summed E-state index contributed by atoms with van der Waals surface area (Å²) in [5.74, 6) is -2.25. The minimum Gasteiger partial charge on any atom is -0.478 e. The highest BCUT2D eigenvalue weighted by Crippen LogP contribution is 2.25.